The van der Waals surface area contributed by atoms with Crippen LogP contribution in [0.2, 0.25) is 0 Å². The molecular formula is C18H28N2O5S. The summed E-state index contributed by atoms with van der Waals surface area (Å²) in [6.07, 6.45) is 0.338. The lowest BCUT2D eigenvalue weighted by Gasteiger charge is -2.38. The lowest BCUT2D eigenvalue weighted by molar-refractivity contribution is 0.0300. The molecule has 1 saturated heterocycles. The Kier molecular flexibility index (Phi) is 6.65. The van der Waals surface area contributed by atoms with Gasteiger partial charge < -0.3 is 10.1 Å². The molecule has 1 N–H and O–H groups in total. The first kappa shape index (κ1) is 20.7. The van der Waals surface area contributed by atoms with Gasteiger partial charge in [0, 0.05) is 19.6 Å². The number of benzene rings is 1. The minimum absolute atomic E-state index is 0.475. The highest BCUT2D eigenvalue weighted by molar-refractivity contribution is 7.86. The Morgan fingerprint density at radius 2 is 1.92 bits per heavy atom. The molecule has 0 saturated carbocycles. The van der Waals surface area contributed by atoms with Crippen LogP contribution < -0.4 is 5.32 Å². The number of hydrogen-bond donors (Lipinski definition) is 1. The third kappa shape index (κ3) is 7.31. The molecular weight excluding hydrogens is 356 g/mol. The highest BCUT2D eigenvalue weighted by Crippen LogP contribution is 2.19. The van der Waals surface area contributed by atoms with Gasteiger partial charge in [0.15, 0.2) is 0 Å². The second-order valence-corrected chi connectivity index (χ2v) is 9.20. The number of likely N-dealkylation sites (tertiary alicyclic amines) is 1. The van der Waals surface area contributed by atoms with Gasteiger partial charge in [-0.05, 0) is 32.8 Å². The van der Waals surface area contributed by atoms with Crippen LogP contribution in [-0.2, 0) is 25.6 Å². The molecule has 7 nitrogen and oxygen atoms in total. The van der Waals surface area contributed by atoms with E-state index in [4.69, 9.17) is 8.92 Å². The molecule has 2 atom stereocenters. The van der Waals surface area contributed by atoms with Gasteiger partial charge in [-0.25, -0.2) is 4.79 Å². The molecule has 146 valence electrons. The zero-order chi connectivity index (χ0) is 19.4. The number of nitrogens with one attached hydrogen (secondary N) is 1. The minimum atomic E-state index is -3.61. The maximum absolute atomic E-state index is 12.1. The van der Waals surface area contributed by atoms with Crippen LogP contribution in [0.1, 0.15) is 32.8 Å². The molecule has 0 aromatic heterocycles. The summed E-state index contributed by atoms with van der Waals surface area (Å²) in [7, 11) is -3.61. The summed E-state index contributed by atoms with van der Waals surface area (Å²) in [5.74, 6) is 0. The lowest BCUT2D eigenvalue weighted by Crippen LogP contribution is -2.56. The normalized spacial score (nSPS) is 22.0. The van der Waals surface area contributed by atoms with E-state index in [0.717, 1.165) is 18.4 Å². The summed E-state index contributed by atoms with van der Waals surface area (Å²) in [6, 6.07) is 9.52. The van der Waals surface area contributed by atoms with E-state index in [1.807, 2.05) is 30.3 Å². The number of alkyl carbamates (subject to hydrolysis) is 1. The van der Waals surface area contributed by atoms with E-state index in [2.05, 4.69) is 10.2 Å². The van der Waals surface area contributed by atoms with Gasteiger partial charge in [-0.2, -0.15) is 8.42 Å². The van der Waals surface area contributed by atoms with Crippen molar-refractivity contribution in [1.29, 1.82) is 0 Å². The quantitative estimate of drug-likeness (QED) is 0.783. The Morgan fingerprint density at radius 1 is 1.27 bits per heavy atom. The molecule has 0 spiro atoms. The van der Waals surface area contributed by atoms with Gasteiger partial charge in [-0.1, -0.05) is 30.3 Å². The van der Waals surface area contributed by atoms with Crippen LogP contribution in [0.25, 0.3) is 0 Å². The van der Waals surface area contributed by atoms with Crippen LogP contribution in [0.15, 0.2) is 30.3 Å². The maximum Gasteiger partial charge on any atom is 0.408 e. The van der Waals surface area contributed by atoms with Crippen molar-refractivity contribution in [1.82, 2.24) is 10.2 Å². The maximum atomic E-state index is 12.1. The molecule has 1 aromatic rings. The average Bonchev–Trinajstić information content (AvgIpc) is 2.48. The number of rotatable bonds is 5. The summed E-state index contributed by atoms with van der Waals surface area (Å²) in [5, 5.41) is 2.77. The fourth-order valence-electron chi connectivity index (χ4n) is 2.92. The van der Waals surface area contributed by atoms with Crippen LogP contribution in [0.4, 0.5) is 4.79 Å². The Labute approximate surface area is 155 Å². The molecule has 8 heteroatoms. The predicted molar refractivity (Wildman–Crippen MR) is 99.2 cm³/mol. The molecule has 1 aliphatic rings. The number of carbonyl (C=O) groups is 1. The number of hydrogen-bond acceptors (Lipinski definition) is 6. The number of amides is 1. The molecule has 0 aliphatic carbocycles. The van der Waals surface area contributed by atoms with Crippen LogP contribution in [0.5, 0.6) is 0 Å². The lowest BCUT2D eigenvalue weighted by atomic mass is 10.0. The fourth-order valence-corrected chi connectivity index (χ4v) is 3.60. The van der Waals surface area contributed by atoms with Crippen molar-refractivity contribution in [3.63, 3.8) is 0 Å². The molecule has 1 fully saturated rings. The second kappa shape index (κ2) is 8.37. The van der Waals surface area contributed by atoms with Gasteiger partial charge in [-0.3, -0.25) is 9.08 Å². The Hall–Kier alpha value is -1.64. The van der Waals surface area contributed by atoms with Crippen LogP contribution in [-0.4, -0.2) is 56.5 Å². The highest BCUT2D eigenvalue weighted by Gasteiger charge is 2.34. The zero-order valence-electron chi connectivity index (χ0n) is 15.8. The summed E-state index contributed by atoms with van der Waals surface area (Å²) < 4.78 is 33.6. The van der Waals surface area contributed by atoms with Gasteiger partial charge in [-0.15, -0.1) is 0 Å². The Balaban J connectivity index is 2.05. The fraction of sp³-hybridized carbons (Fsp3) is 0.611. The van der Waals surface area contributed by atoms with E-state index >= 15 is 0 Å². The summed E-state index contributed by atoms with van der Waals surface area (Å²) in [5.41, 5.74) is 0.529. The van der Waals surface area contributed by atoms with Crippen molar-refractivity contribution >= 4 is 16.2 Å². The van der Waals surface area contributed by atoms with E-state index in [9.17, 15) is 13.2 Å². The van der Waals surface area contributed by atoms with Gasteiger partial charge in [0.05, 0.1) is 18.4 Å². The number of piperidine rings is 1. The smallest absolute Gasteiger partial charge is 0.408 e. The number of nitrogens with zero attached hydrogens (tertiary/aromatic N) is 1. The third-order valence-corrected chi connectivity index (χ3v) is 4.48. The highest BCUT2D eigenvalue weighted by atomic mass is 32.2. The Bertz CT molecular complexity index is 700. The van der Waals surface area contributed by atoms with E-state index in [1.54, 1.807) is 20.8 Å². The Morgan fingerprint density at radius 3 is 2.50 bits per heavy atom. The molecule has 1 aromatic carbocycles. The van der Waals surface area contributed by atoms with Crippen LogP contribution >= 0.6 is 0 Å². The van der Waals surface area contributed by atoms with Gasteiger partial charge in [0.25, 0.3) is 10.1 Å². The van der Waals surface area contributed by atoms with Crippen molar-refractivity contribution in [2.24, 2.45) is 0 Å². The summed E-state index contributed by atoms with van der Waals surface area (Å²) >= 11 is 0. The molecule has 1 aliphatic heterocycles. The van der Waals surface area contributed by atoms with Gasteiger partial charge in [0.2, 0.25) is 0 Å². The van der Waals surface area contributed by atoms with Gasteiger partial charge in [0.1, 0.15) is 5.60 Å². The standard InChI is InChI=1S/C18H28N2O5S/c1-18(2,3)24-17(21)19-15-13-20(12-14-8-6-5-7-9-14)11-10-16(15)25-26(4,22)23/h5-9,15-16H,10-13H2,1-4H3,(H,19,21)/t15-,16-/m1/s1. The van der Waals surface area contributed by atoms with Crippen molar-refractivity contribution in [3.05, 3.63) is 35.9 Å². The topological polar surface area (TPSA) is 84.9 Å². The monoisotopic (exact) mass is 384 g/mol. The van der Waals surface area contributed by atoms with Gasteiger partial charge >= 0.3 is 6.09 Å². The molecule has 2 rings (SSSR count). The largest absolute Gasteiger partial charge is 0.444 e. The molecule has 1 amide bonds. The van der Waals surface area contributed by atoms with Crippen molar-refractivity contribution in [3.8, 4) is 0 Å². The summed E-state index contributed by atoms with van der Waals surface area (Å²) in [6.45, 7) is 7.22. The van der Waals surface area contributed by atoms with E-state index in [-0.39, 0.29) is 0 Å². The number of carbonyl (C=O) groups excluding carboxylic acids is 1. The molecule has 1 heterocycles. The first-order valence-corrected chi connectivity index (χ1v) is 10.5. The van der Waals surface area contributed by atoms with E-state index < -0.39 is 34.0 Å². The van der Waals surface area contributed by atoms with E-state index in [1.165, 1.54) is 0 Å². The van der Waals surface area contributed by atoms with Crippen LogP contribution in [0.3, 0.4) is 0 Å². The minimum Gasteiger partial charge on any atom is -0.444 e. The number of ether oxygens (including phenoxy) is 1. The van der Waals surface area contributed by atoms with E-state index in [0.29, 0.717) is 19.5 Å². The average molecular weight is 384 g/mol. The van der Waals surface area contributed by atoms with Crippen molar-refractivity contribution < 1.29 is 22.1 Å². The summed E-state index contributed by atoms with van der Waals surface area (Å²) in [4.78, 5) is 14.3. The molecule has 26 heavy (non-hydrogen) atoms. The first-order chi connectivity index (χ1) is 12.0. The second-order valence-electron chi connectivity index (χ2n) is 7.60. The SMILES string of the molecule is CC(C)(C)OC(=O)N[C@@H]1CN(Cc2ccccc2)CC[C@H]1OS(C)(=O)=O. The molecule has 0 bridgehead atoms. The van der Waals surface area contributed by atoms with Crippen molar-refractivity contribution in [2.75, 3.05) is 19.3 Å². The first-order valence-electron chi connectivity index (χ1n) is 8.66. The van der Waals surface area contributed by atoms with Crippen molar-refractivity contribution in [2.45, 2.75) is 51.5 Å². The molecule has 0 unspecified atom stereocenters. The zero-order valence-corrected chi connectivity index (χ0v) is 16.6. The predicted octanol–water partition coefficient (Wildman–Crippen LogP) is 2.13. The molecule has 0 radical (unpaired) electrons. The third-order valence-electron chi connectivity index (χ3n) is 3.88. The van der Waals surface area contributed by atoms with Crippen LogP contribution in [0, 0.1) is 0 Å².